The average Bonchev–Trinajstić information content (AvgIpc) is 3.61. The summed E-state index contributed by atoms with van der Waals surface area (Å²) in [4.78, 5) is 26.3. The molecule has 3 aromatic carbocycles. The first kappa shape index (κ1) is 33.6. The predicted molar refractivity (Wildman–Crippen MR) is 169 cm³/mol. The fourth-order valence-corrected chi connectivity index (χ4v) is 5.56. The van der Waals surface area contributed by atoms with Crippen LogP contribution in [0.2, 0.25) is 0 Å². The molecule has 2 fully saturated rings. The Morgan fingerprint density at radius 3 is 1.85 bits per heavy atom. The molecular weight excluding hydrogens is 590 g/mol. The zero-order valence-corrected chi connectivity index (χ0v) is 26.5. The van der Waals surface area contributed by atoms with Gasteiger partial charge in [0.05, 0.1) is 39.1 Å². The van der Waals surface area contributed by atoms with Crippen LogP contribution >= 0.6 is 0 Å². The Hall–Kier alpha value is -3.80. The van der Waals surface area contributed by atoms with Gasteiger partial charge in [0.2, 0.25) is 0 Å². The quantitative estimate of drug-likeness (QED) is 0.258. The smallest absolute Gasteiger partial charge is 0.411 e. The standard InChI is InChI=1S/C36H43NO9/c1-36(2,3)46-35(40)37-20-28(19-29(37)33(38)39)44-34-32(43-23-27-17-11-6-12-18-27)31(42-22-26-15-9-5-10-16-26)30(45-34)24-41-21-25-13-7-4-8-14-25/h4-18,28-32,34H,19-24H2,1-3H3,(H,38,39)/t28-,29+,30+,31+,32-,34+/m1/s1. The minimum absolute atomic E-state index is 0.0296. The Bertz CT molecular complexity index is 1380. The fraction of sp³-hybridized carbons (Fsp3) is 0.444. The molecule has 2 saturated heterocycles. The summed E-state index contributed by atoms with van der Waals surface area (Å²) in [7, 11) is 0. The normalized spacial score (nSPS) is 24.6. The summed E-state index contributed by atoms with van der Waals surface area (Å²) in [6.07, 6.45) is -3.96. The van der Waals surface area contributed by atoms with Crippen molar-refractivity contribution in [2.45, 2.75) is 89.4 Å². The minimum Gasteiger partial charge on any atom is -0.480 e. The van der Waals surface area contributed by atoms with Crippen molar-refractivity contribution in [2.75, 3.05) is 13.2 Å². The fourth-order valence-electron chi connectivity index (χ4n) is 5.56. The second kappa shape index (κ2) is 15.7. The molecular formula is C36H43NO9. The highest BCUT2D eigenvalue weighted by Gasteiger charge is 2.50. The Morgan fingerprint density at radius 1 is 0.804 bits per heavy atom. The maximum Gasteiger partial charge on any atom is 0.411 e. The van der Waals surface area contributed by atoms with Gasteiger partial charge in [0.1, 0.15) is 30.0 Å². The third-order valence-electron chi connectivity index (χ3n) is 7.73. The van der Waals surface area contributed by atoms with Gasteiger partial charge in [0, 0.05) is 6.42 Å². The van der Waals surface area contributed by atoms with Crippen LogP contribution in [0.25, 0.3) is 0 Å². The summed E-state index contributed by atoms with van der Waals surface area (Å²) in [6, 6.07) is 28.4. The molecule has 0 unspecified atom stereocenters. The lowest BCUT2D eigenvalue weighted by atomic mass is 10.1. The number of carboxylic acids is 1. The molecule has 0 radical (unpaired) electrons. The van der Waals surface area contributed by atoms with E-state index >= 15 is 0 Å². The van der Waals surface area contributed by atoms with Gasteiger partial charge >= 0.3 is 12.1 Å². The first-order valence-electron chi connectivity index (χ1n) is 15.6. The average molecular weight is 634 g/mol. The van der Waals surface area contributed by atoms with E-state index in [-0.39, 0.29) is 26.2 Å². The van der Waals surface area contributed by atoms with Gasteiger partial charge < -0.3 is 33.5 Å². The number of hydrogen-bond donors (Lipinski definition) is 1. The van der Waals surface area contributed by atoms with Crippen molar-refractivity contribution in [3.8, 4) is 0 Å². The third kappa shape index (κ3) is 9.37. The number of carbonyl (C=O) groups excluding carboxylic acids is 1. The second-order valence-electron chi connectivity index (χ2n) is 12.5. The van der Waals surface area contributed by atoms with E-state index in [2.05, 4.69) is 0 Å². The van der Waals surface area contributed by atoms with Crippen molar-refractivity contribution in [3.63, 3.8) is 0 Å². The molecule has 10 heteroatoms. The first-order valence-corrected chi connectivity index (χ1v) is 15.6. The van der Waals surface area contributed by atoms with Crippen LogP contribution in [-0.2, 0) is 53.0 Å². The monoisotopic (exact) mass is 633 g/mol. The van der Waals surface area contributed by atoms with E-state index < -0.39 is 54.4 Å². The van der Waals surface area contributed by atoms with Gasteiger partial charge in [-0.25, -0.2) is 9.59 Å². The van der Waals surface area contributed by atoms with Gasteiger partial charge in [-0.1, -0.05) is 91.0 Å². The Labute approximate surface area is 270 Å². The summed E-state index contributed by atoms with van der Waals surface area (Å²) in [5, 5.41) is 9.93. The molecule has 10 nitrogen and oxygen atoms in total. The van der Waals surface area contributed by atoms with Crippen molar-refractivity contribution < 1.29 is 43.1 Å². The molecule has 2 aliphatic rings. The number of rotatable bonds is 13. The zero-order valence-electron chi connectivity index (χ0n) is 26.5. The van der Waals surface area contributed by atoms with Crippen molar-refractivity contribution in [1.82, 2.24) is 4.90 Å². The Morgan fingerprint density at radius 2 is 1.33 bits per heavy atom. The molecule has 46 heavy (non-hydrogen) atoms. The summed E-state index contributed by atoms with van der Waals surface area (Å²) < 4.78 is 37.4. The molecule has 6 atom stereocenters. The molecule has 1 amide bonds. The van der Waals surface area contributed by atoms with Crippen molar-refractivity contribution in [2.24, 2.45) is 0 Å². The van der Waals surface area contributed by atoms with Gasteiger partial charge in [-0.15, -0.1) is 0 Å². The minimum atomic E-state index is -1.13. The van der Waals surface area contributed by atoms with Crippen LogP contribution in [0.15, 0.2) is 91.0 Å². The molecule has 246 valence electrons. The van der Waals surface area contributed by atoms with Gasteiger partial charge in [-0.3, -0.25) is 4.90 Å². The summed E-state index contributed by atoms with van der Waals surface area (Å²) in [5.41, 5.74) is 2.21. The zero-order chi connectivity index (χ0) is 32.5. The van der Waals surface area contributed by atoms with Gasteiger partial charge in [0.15, 0.2) is 6.29 Å². The van der Waals surface area contributed by atoms with Crippen LogP contribution in [-0.4, -0.2) is 77.6 Å². The van der Waals surface area contributed by atoms with Crippen molar-refractivity contribution >= 4 is 12.1 Å². The van der Waals surface area contributed by atoms with E-state index in [1.807, 2.05) is 91.0 Å². The summed E-state index contributed by atoms with van der Waals surface area (Å²) in [5.74, 6) is -1.13. The van der Waals surface area contributed by atoms with E-state index in [9.17, 15) is 14.7 Å². The van der Waals surface area contributed by atoms with Crippen molar-refractivity contribution in [3.05, 3.63) is 108 Å². The van der Waals surface area contributed by atoms with Gasteiger partial charge in [-0.2, -0.15) is 0 Å². The number of benzene rings is 3. The first-order chi connectivity index (χ1) is 22.2. The van der Waals surface area contributed by atoms with Crippen LogP contribution in [0.4, 0.5) is 4.79 Å². The molecule has 0 bridgehead atoms. The predicted octanol–water partition coefficient (Wildman–Crippen LogP) is 5.58. The molecule has 0 aromatic heterocycles. The summed E-state index contributed by atoms with van der Waals surface area (Å²) >= 11 is 0. The SMILES string of the molecule is CC(C)(C)OC(=O)N1C[C@H](O[C@H]2O[C@@H](COCc3ccccc3)[C@H](OCc3ccccc3)[C@H]2OCc2ccccc2)C[C@H]1C(=O)O. The number of likely N-dealkylation sites (tertiary alicyclic amines) is 1. The van der Waals surface area contributed by atoms with E-state index in [0.29, 0.717) is 13.2 Å². The maximum absolute atomic E-state index is 12.9. The largest absolute Gasteiger partial charge is 0.480 e. The number of hydrogen-bond acceptors (Lipinski definition) is 8. The lowest BCUT2D eigenvalue weighted by Crippen LogP contribution is -2.43. The van der Waals surface area contributed by atoms with Crippen LogP contribution in [0.3, 0.4) is 0 Å². The lowest BCUT2D eigenvalue weighted by Gasteiger charge is -2.27. The maximum atomic E-state index is 12.9. The molecule has 0 saturated carbocycles. The van der Waals surface area contributed by atoms with Crippen molar-refractivity contribution in [1.29, 1.82) is 0 Å². The number of amides is 1. The number of carbonyl (C=O) groups is 2. The molecule has 0 spiro atoms. The highest BCUT2D eigenvalue weighted by atomic mass is 16.7. The van der Waals surface area contributed by atoms with E-state index in [4.69, 9.17) is 28.4 Å². The van der Waals surface area contributed by atoms with E-state index in [1.165, 1.54) is 4.90 Å². The molecule has 2 heterocycles. The van der Waals surface area contributed by atoms with Gasteiger partial charge in [-0.05, 0) is 37.5 Å². The number of nitrogens with zero attached hydrogens (tertiary/aromatic N) is 1. The summed E-state index contributed by atoms with van der Waals surface area (Å²) in [6.45, 7) is 6.45. The topological polar surface area (TPSA) is 113 Å². The molecule has 5 rings (SSSR count). The third-order valence-corrected chi connectivity index (χ3v) is 7.73. The van der Waals surface area contributed by atoms with Crippen LogP contribution in [0.1, 0.15) is 43.9 Å². The van der Waals surface area contributed by atoms with Crippen LogP contribution in [0, 0.1) is 0 Å². The number of ether oxygens (including phenoxy) is 6. The van der Waals surface area contributed by atoms with E-state index in [0.717, 1.165) is 16.7 Å². The lowest BCUT2D eigenvalue weighted by molar-refractivity contribution is -0.204. The molecule has 3 aromatic rings. The number of carboxylic acid groups (broad SMARTS) is 1. The number of aliphatic carboxylic acids is 1. The highest BCUT2D eigenvalue weighted by Crippen LogP contribution is 2.33. The second-order valence-corrected chi connectivity index (χ2v) is 12.5. The van der Waals surface area contributed by atoms with Crippen LogP contribution < -0.4 is 0 Å². The Balaban J connectivity index is 1.35. The highest BCUT2D eigenvalue weighted by molar-refractivity contribution is 5.81. The Kier molecular flexibility index (Phi) is 11.4. The van der Waals surface area contributed by atoms with E-state index in [1.54, 1.807) is 20.8 Å². The molecule has 1 N–H and O–H groups in total. The molecule has 2 aliphatic heterocycles. The molecule has 0 aliphatic carbocycles. The van der Waals surface area contributed by atoms with Crippen LogP contribution in [0.5, 0.6) is 0 Å². The van der Waals surface area contributed by atoms with Gasteiger partial charge in [0.25, 0.3) is 0 Å².